The molecule has 21 heavy (non-hydrogen) atoms. The fourth-order valence-electron chi connectivity index (χ4n) is 1.98. The van der Waals surface area contributed by atoms with Gasteiger partial charge < -0.3 is 20.1 Å². The third-order valence-corrected chi connectivity index (χ3v) is 3.07. The second-order valence-corrected chi connectivity index (χ2v) is 4.51. The highest BCUT2D eigenvalue weighted by Gasteiger charge is 2.12. The Labute approximate surface area is 124 Å². The molecule has 0 bridgehead atoms. The van der Waals surface area contributed by atoms with Gasteiger partial charge in [-0.3, -0.25) is 0 Å². The van der Waals surface area contributed by atoms with Gasteiger partial charge in [-0.05, 0) is 24.6 Å². The first kappa shape index (κ1) is 14.9. The van der Waals surface area contributed by atoms with Gasteiger partial charge >= 0.3 is 0 Å². The molecule has 0 fully saturated rings. The Morgan fingerprint density at radius 2 is 1.76 bits per heavy atom. The van der Waals surface area contributed by atoms with Crippen LogP contribution in [0.2, 0.25) is 0 Å². The normalized spacial score (nSPS) is 10.2. The monoisotopic (exact) mass is 288 g/mol. The van der Waals surface area contributed by atoms with Crippen molar-refractivity contribution in [3.8, 4) is 11.8 Å². The van der Waals surface area contributed by atoms with Crippen LogP contribution < -0.4 is 20.1 Å². The summed E-state index contributed by atoms with van der Waals surface area (Å²) in [5.41, 5.74) is 7.66. The minimum Gasteiger partial charge on any atom is -0.481 e. The van der Waals surface area contributed by atoms with E-state index in [1.165, 1.54) is 0 Å². The Balaban J connectivity index is 2.28. The number of rotatable bonds is 6. The van der Waals surface area contributed by atoms with Gasteiger partial charge in [0.15, 0.2) is 0 Å². The van der Waals surface area contributed by atoms with Gasteiger partial charge in [0.25, 0.3) is 0 Å². The molecule has 1 heterocycles. The first-order valence-electron chi connectivity index (χ1n) is 6.72. The number of nitrogens with two attached hydrogens (primary N) is 1. The van der Waals surface area contributed by atoms with E-state index in [2.05, 4.69) is 9.97 Å². The van der Waals surface area contributed by atoms with E-state index >= 15 is 0 Å². The molecule has 0 aliphatic heterocycles. The molecule has 0 saturated carbocycles. The first-order chi connectivity index (χ1) is 10.2. The molecule has 6 nitrogen and oxygen atoms in total. The van der Waals surface area contributed by atoms with Gasteiger partial charge in [0.05, 0.1) is 20.3 Å². The zero-order valence-corrected chi connectivity index (χ0v) is 12.5. The number of hydrogen-bond donors (Lipinski definition) is 1. The van der Waals surface area contributed by atoms with Crippen LogP contribution in [0.5, 0.6) is 11.8 Å². The van der Waals surface area contributed by atoms with Crippen molar-refractivity contribution in [2.45, 2.75) is 13.5 Å². The van der Waals surface area contributed by atoms with Crippen LogP contribution in [0.15, 0.2) is 30.3 Å². The summed E-state index contributed by atoms with van der Waals surface area (Å²) in [6.45, 7) is 3.46. The Morgan fingerprint density at radius 3 is 2.29 bits per heavy atom. The third kappa shape index (κ3) is 3.75. The van der Waals surface area contributed by atoms with E-state index in [1.54, 1.807) is 20.3 Å². The van der Waals surface area contributed by atoms with E-state index in [4.69, 9.17) is 15.2 Å². The van der Waals surface area contributed by atoms with E-state index in [0.29, 0.717) is 24.3 Å². The number of nitrogen functional groups attached to an aromatic ring is 1. The maximum absolute atomic E-state index is 5.82. The van der Waals surface area contributed by atoms with Crippen molar-refractivity contribution < 1.29 is 9.47 Å². The minimum absolute atomic E-state index is 0.475. The van der Waals surface area contributed by atoms with Gasteiger partial charge in [-0.15, -0.1) is 0 Å². The summed E-state index contributed by atoms with van der Waals surface area (Å²) < 4.78 is 10.4. The van der Waals surface area contributed by atoms with E-state index in [9.17, 15) is 0 Å². The number of hydrogen-bond acceptors (Lipinski definition) is 6. The van der Waals surface area contributed by atoms with Crippen molar-refractivity contribution in [3.63, 3.8) is 0 Å². The van der Waals surface area contributed by atoms with Crippen LogP contribution in [-0.4, -0.2) is 30.7 Å². The lowest BCUT2D eigenvalue weighted by Crippen LogP contribution is -2.24. The van der Waals surface area contributed by atoms with Crippen molar-refractivity contribution >= 4 is 11.6 Å². The highest BCUT2D eigenvalue weighted by atomic mass is 16.5. The predicted octanol–water partition coefficient (Wildman–Crippen LogP) is 2.10. The summed E-state index contributed by atoms with van der Waals surface area (Å²) in [6.07, 6.45) is 0. The molecule has 0 aliphatic rings. The first-order valence-corrected chi connectivity index (χ1v) is 6.72. The van der Waals surface area contributed by atoms with Crippen LogP contribution in [0.4, 0.5) is 11.6 Å². The molecule has 0 saturated heterocycles. The predicted molar refractivity (Wildman–Crippen MR) is 82.7 cm³/mol. The standard InChI is InChI=1S/C15H20N4O2/c1-4-19(10-11-6-5-7-12(16)8-11)15-17-13(20-2)9-14(18-15)21-3/h5-9H,4,10,16H2,1-3H3. The van der Waals surface area contributed by atoms with Gasteiger partial charge in [-0.1, -0.05) is 12.1 Å². The molecule has 6 heteroatoms. The maximum Gasteiger partial charge on any atom is 0.232 e. The van der Waals surface area contributed by atoms with Crippen molar-refractivity contribution in [2.75, 3.05) is 31.4 Å². The van der Waals surface area contributed by atoms with E-state index < -0.39 is 0 Å². The van der Waals surface area contributed by atoms with Crippen LogP contribution in [0.3, 0.4) is 0 Å². The highest BCUT2D eigenvalue weighted by Crippen LogP contribution is 2.21. The average Bonchev–Trinajstić information content (AvgIpc) is 2.52. The fourth-order valence-corrected chi connectivity index (χ4v) is 1.98. The average molecular weight is 288 g/mol. The highest BCUT2D eigenvalue weighted by molar-refractivity contribution is 5.43. The molecule has 0 unspecified atom stereocenters. The third-order valence-electron chi connectivity index (χ3n) is 3.07. The van der Waals surface area contributed by atoms with Crippen LogP contribution in [-0.2, 0) is 6.54 Å². The summed E-state index contributed by atoms with van der Waals surface area (Å²) in [6, 6.07) is 9.42. The summed E-state index contributed by atoms with van der Waals surface area (Å²) >= 11 is 0. The van der Waals surface area contributed by atoms with Gasteiger partial charge in [-0.2, -0.15) is 9.97 Å². The number of nitrogens with zero attached hydrogens (tertiary/aromatic N) is 3. The number of methoxy groups -OCH3 is 2. The largest absolute Gasteiger partial charge is 0.481 e. The van der Waals surface area contributed by atoms with Crippen LogP contribution in [0, 0.1) is 0 Å². The Bertz CT molecular complexity index is 582. The Hall–Kier alpha value is -2.50. The zero-order chi connectivity index (χ0) is 15.2. The summed E-state index contributed by atoms with van der Waals surface area (Å²) in [5, 5.41) is 0. The number of ether oxygens (including phenoxy) is 2. The number of benzene rings is 1. The fraction of sp³-hybridized carbons (Fsp3) is 0.333. The molecule has 112 valence electrons. The molecule has 1 aromatic carbocycles. The van der Waals surface area contributed by atoms with E-state index in [1.807, 2.05) is 36.1 Å². The SMILES string of the molecule is CCN(Cc1cccc(N)c1)c1nc(OC)cc(OC)n1. The van der Waals surface area contributed by atoms with Crippen LogP contribution in [0.1, 0.15) is 12.5 Å². The van der Waals surface area contributed by atoms with E-state index in [-0.39, 0.29) is 0 Å². The van der Waals surface area contributed by atoms with Crippen molar-refractivity contribution in [3.05, 3.63) is 35.9 Å². The van der Waals surface area contributed by atoms with Gasteiger partial charge in [0.2, 0.25) is 17.7 Å². The molecular formula is C15H20N4O2. The molecule has 2 N–H and O–H groups in total. The van der Waals surface area contributed by atoms with Gasteiger partial charge in [-0.25, -0.2) is 0 Å². The van der Waals surface area contributed by atoms with Crippen molar-refractivity contribution in [2.24, 2.45) is 0 Å². The van der Waals surface area contributed by atoms with Crippen molar-refractivity contribution in [1.82, 2.24) is 9.97 Å². The molecule has 0 aliphatic carbocycles. The lowest BCUT2D eigenvalue weighted by Gasteiger charge is -2.21. The Kier molecular flexibility index (Phi) is 4.81. The summed E-state index contributed by atoms with van der Waals surface area (Å²) in [4.78, 5) is 10.8. The summed E-state index contributed by atoms with van der Waals surface area (Å²) in [5.74, 6) is 1.52. The summed E-state index contributed by atoms with van der Waals surface area (Å²) in [7, 11) is 3.14. The van der Waals surface area contributed by atoms with Gasteiger partial charge in [0.1, 0.15) is 0 Å². The Morgan fingerprint density at radius 1 is 1.10 bits per heavy atom. The van der Waals surface area contributed by atoms with Crippen LogP contribution >= 0.6 is 0 Å². The van der Waals surface area contributed by atoms with E-state index in [0.717, 1.165) is 17.8 Å². The lowest BCUT2D eigenvalue weighted by atomic mass is 10.2. The quantitative estimate of drug-likeness (QED) is 0.821. The topological polar surface area (TPSA) is 73.5 Å². The second kappa shape index (κ2) is 6.78. The minimum atomic E-state index is 0.475. The number of anilines is 2. The molecular weight excluding hydrogens is 268 g/mol. The molecule has 0 spiro atoms. The smallest absolute Gasteiger partial charge is 0.232 e. The van der Waals surface area contributed by atoms with Crippen molar-refractivity contribution in [1.29, 1.82) is 0 Å². The maximum atomic E-state index is 5.82. The second-order valence-electron chi connectivity index (χ2n) is 4.51. The number of aromatic nitrogens is 2. The molecule has 0 radical (unpaired) electrons. The molecule has 0 amide bonds. The lowest BCUT2D eigenvalue weighted by molar-refractivity contribution is 0.371. The van der Waals surface area contributed by atoms with Gasteiger partial charge in [0, 0.05) is 18.8 Å². The molecule has 2 aromatic rings. The van der Waals surface area contributed by atoms with Crippen LogP contribution in [0.25, 0.3) is 0 Å². The molecule has 1 aromatic heterocycles. The molecule has 0 atom stereocenters. The molecule has 2 rings (SSSR count). The zero-order valence-electron chi connectivity index (χ0n) is 12.5.